The van der Waals surface area contributed by atoms with E-state index < -0.39 is 10.0 Å². The smallest absolute Gasteiger partial charge is 0.271 e. The summed E-state index contributed by atoms with van der Waals surface area (Å²) in [6.07, 6.45) is 2.12. The van der Waals surface area contributed by atoms with Crippen molar-refractivity contribution >= 4 is 10.0 Å². The summed E-state index contributed by atoms with van der Waals surface area (Å²) in [5, 5.41) is 4.63. The van der Waals surface area contributed by atoms with Crippen LogP contribution in [0.1, 0.15) is 12.5 Å². The molecule has 62 valence electrons. The highest BCUT2D eigenvalue weighted by molar-refractivity contribution is 7.89. The largest absolute Gasteiger partial charge is 0.451 e. The first kappa shape index (κ1) is 8.29. The van der Waals surface area contributed by atoms with Gasteiger partial charge in [0.05, 0.1) is 6.26 Å². The summed E-state index contributed by atoms with van der Waals surface area (Å²) >= 11 is 0. The Morgan fingerprint density at radius 2 is 2.27 bits per heavy atom. The fraction of sp³-hybridized carbons (Fsp3) is 0.333. The molecule has 0 saturated carbocycles. The first-order valence-corrected chi connectivity index (χ1v) is 4.69. The molecule has 0 saturated heterocycles. The zero-order valence-corrected chi connectivity index (χ0v) is 6.89. The van der Waals surface area contributed by atoms with Gasteiger partial charge in [0.1, 0.15) is 0 Å². The summed E-state index contributed by atoms with van der Waals surface area (Å²) in [7, 11) is -3.66. The van der Waals surface area contributed by atoms with Crippen molar-refractivity contribution in [2.24, 2.45) is 5.14 Å². The van der Waals surface area contributed by atoms with Gasteiger partial charge >= 0.3 is 0 Å². The predicted octanol–water partition coefficient (Wildman–Crippen LogP) is 0.489. The van der Waals surface area contributed by atoms with Gasteiger partial charge in [0, 0.05) is 6.07 Å². The van der Waals surface area contributed by atoms with Gasteiger partial charge in [0.25, 0.3) is 10.0 Å². The van der Waals surface area contributed by atoms with Gasteiger partial charge < -0.3 is 4.42 Å². The van der Waals surface area contributed by atoms with E-state index in [0.29, 0.717) is 0 Å². The highest BCUT2D eigenvalue weighted by atomic mass is 32.2. The van der Waals surface area contributed by atoms with Crippen LogP contribution in [0.5, 0.6) is 0 Å². The maximum Gasteiger partial charge on any atom is 0.271 e. The molecule has 0 spiro atoms. The van der Waals surface area contributed by atoms with Crippen LogP contribution in [-0.2, 0) is 16.4 Å². The first-order valence-electron chi connectivity index (χ1n) is 3.14. The van der Waals surface area contributed by atoms with Crippen molar-refractivity contribution in [2.75, 3.05) is 0 Å². The molecule has 0 aliphatic carbocycles. The lowest BCUT2D eigenvalue weighted by molar-refractivity contribution is 0.449. The van der Waals surface area contributed by atoms with Crippen molar-refractivity contribution in [3.05, 3.63) is 17.9 Å². The third-order valence-corrected chi connectivity index (χ3v) is 2.09. The molecule has 0 unspecified atom stereocenters. The lowest BCUT2D eigenvalue weighted by Gasteiger charge is -1.86. The lowest BCUT2D eigenvalue weighted by Crippen LogP contribution is -2.10. The van der Waals surface area contributed by atoms with E-state index in [2.05, 4.69) is 0 Å². The molecule has 1 aromatic heterocycles. The van der Waals surface area contributed by atoms with Crippen molar-refractivity contribution < 1.29 is 12.8 Å². The van der Waals surface area contributed by atoms with Crippen LogP contribution in [0, 0.1) is 0 Å². The Morgan fingerprint density at radius 3 is 2.55 bits per heavy atom. The van der Waals surface area contributed by atoms with Gasteiger partial charge in [-0.15, -0.1) is 0 Å². The first-order chi connectivity index (χ1) is 5.04. The predicted molar refractivity (Wildman–Crippen MR) is 39.5 cm³/mol. The van der Waals surface area contributed by atoms with Crippen LogP contribution in [0.2, 0.25) is 0 Å². The Hall–Kier alpha value is -0.810. The van der Waals surface area contributed by atoms with E-state index in [1.807, 2.05) is 6.92 Å². The minimum atomic E-state index is -3.66. The molecule has 2 N–H and O–H groups in total. The van der Waals surface area contributed by atoms with Gasteiger partial charge in [0.15, 0.2) is 0 Å². The molecule has 1 aromatic rings. The van der Waals surface area contributed by atoms with Crippen molar-refractivity contribution in [2.45, 2.75) is 18.4 Å². The van der Waals surface area contributed by atoms with Crippen molar-refractivity contribution in [1.29, 1.82) is 0 Å². The third-order valence-electron chi connectivity index (χ3n) is 1.32. The molecular formula is C6H9NO3S. The maximum atomic E-state index is 10.6. The molecule has 4 nitrogen and oxygen atoms in total. The summed E-state index contributed by atoms with van der Waals surface area (Å²) in [5.74, 6) is 0. The van der Waals surface area contributed by atoms with Crippen LogP contribution in [0.15, 0.2) is 21.8 Å². The van der Waals surface area contributed by atoms with Crippen LogP contribution >= 0.6 is 0 Å². The third kappa shape index (κ3) is 1.81. The molecule has 0 bridgehead atoms. The molecule has 0 radical (unpaired) electrons. The van der Waals surface area contributed by atoms with Crippen LogP contribution in [0.4, 0.5) is 0 Å². The summed E-state index contributed by atoms with van der Waals surface area (Å²) in [5.41, 5.74) is 0.828. The van der Waals surface area contributed by atoms with Crippen LogP contribution in [0.3, 0.4) is 0 Å². The molecule has 0 aliphatic heterocycles. The second-order valence-corrected chi connectivity index (χ2v) is 3.66. The Labute approximate surface area is 65.1 Å². The molecule has 0 aliphatic rings. The molecule has 1 heterocycles. The minimum absolute atomic E-state index is 0.172. The zero-order chi connectivity index (χ0) is 8.48. The molecule has 1 rings (SSSR count). The van der Waals surface area contributed by atoms with Gasteiger partial charge in [-0.25, -0.2) is 13.6 Å². The van der Waals surface area contributed by atoms with E-state index in [1.54, 1.807) is 0 Å². The fourth-order valence-electron chi connectivity index (χ4n) is 0.688. The average Bonchev–Trinajstić information content (AvgIpc) is 2.32. The van der Waals surface area contributed by atoms with E-state index in [-0.39, 0.29) is 5.09 Å². The Morgan fingerprint density at radius 1 is 1.64 bits per heavy atom. The van der Waals surface area contributed by atoms with Gasteiger partial charge in [-0.05, 0) is 12.0 Å². The van der Waals surface area contributed by atoms with Gasteiger partial charge in [-0.2, -0.15) is 0 Å². The highest BCUT2D eigenvalue weighted by Gasteiger charge is 2.11. The number of hydrogen-bond acceptors (Lipinski definition) is 3. The Bertz CT molecular complexity index is 338. The van der Waals surface area contributed by atoms with Crippen LogP contribution in [-0.4, -0.2) is 8.42 Å². The topological polar surface area (TPSA) is 73.3 Å². The van der Waals surface area contributed by atoms with E-state index in [9.17, 15) is 8.42 Å². The Kier molecular flexibility index (Phi) is 2.01. The number of sulfonamides is 1. The SMILES string of the molecule is CCc1coc(S(N)(=O)=O)c1. The zero-order valence-electron chi connectivity index (χ0n) is 6.07. The van der Waals surface area contributed by atoms with E-state index >= 15 is 0 Å². The van der Waals surface area contributed by atoms with Crippen LogP contribution < -0.4 is 5.14 Å². The average molecular weight is 175 g/mol. The molecule has 5 heteroatoms. The molecule has 0 fully saturated rings. The monoisotopic (exact) mass is 175 g/mol. The van der Waals surface area contributed by atoms with E-state index in [1.165, 1.54) is 12.3 Å². The molecular weight excluding hydrogens is 166 g/mol. The molecule has 11 heavy (non-hydrogen) atoms. The Balaban J connectivity index is 3.09. The summed E-state index contributed by atoms with van der Waals surface area (Å²) in [6, 6.07) is 1.43. The number of primary sulfonamides is 1. The molecule has 0 amide bonds. The quantitative estimate of drug-likeness (QED) is 0.710. The van der Waals surface area contributed by atoms with Crippen LogP contribution in [0.25, 0.3) is 0 Å². The minimum Gasteiger partial charge on any atom is -0.451 e. The van der Waals surface area contributed by atoms with Gasteiger partial charge in [0.2, 0.25) is 5.09 Å². The number of hydrogen-bond donors (Lipinski definition) is 1. The van der Waals surface area contributed by atoms with E-state index in [4.69, 9.17) is 9.56 Å². The molecule has 0 atom stereocenters. The van der Waals surface area contributed by atoms with Gasteiger partial charge in [-0.3, -0.25) is 0 Å². The number of nitrogens with two attached hydrogens (primary N) is 1. The number of furan rings is 1. The summed E-state index contributed by atoms with van der Waals surface area (Å²) < 4.78 is 26.0. The number of rotatable bonds is 2. The van der Waals surface area contributed by atoms with Crippen molar-refractivity contribution in [3.63, 3.8) is 0 Å². The summed E-state index contributed by atoms with van der Waals surface area (Å²) in [6.45, 7) is 1.90. The molecule has 0 aromatic carbocycles. The highest BCUT2D eigenvalue weighted by Crippen LogP contribution is 2.11. The maximum absolute atomic E-state index is 10.6. The van der Waals surface area contributed by atoms with E-state index in [0.717, 1.165) is 12.0 Å². The normalized spacial score (nSPS) is 11.8. The van der Waals surface area contributed by atoms with Crippen molar-refractivity contribution in [3.8, 4) is 0 Å². The summed E-state index contributed by atoms with van der Waals surface area (Å²) in [4.78, 5) is 0. The second-order valence-electron chi connectivity index (χ2n) is 2.17. The van der Waals surface area contributed by atoms with Gasteiger partial charge in [-0.1, -0.05) is 6.92 Å². The van der Waals surface area contributed by atoms with Crippen molar-refractivity contribution in [1.82, 2.24) is 0 Å². The lowest BCUT2D eigenvalue weighted by atomic mass is 10.3. The fourth-order valence-corrected chi connectivity index (χ4v) is 1.19. The second kappa shape index (κ2) is 2.67. The standard InChI is InChI=1S/C6H9NO3S/c1-2-5-3-6(10-4-5)11(7,8)9/h3-4H,2H2,1H3,(H2,7,8,9). The number of aryl methyl sites for hydroxylation is 1.